The molecule has 1 nitrogen and oxygen atoms in total. The Morgan fingerprint density at radius 1 is 1.27 bits per heavy atom. The van der Waals surface area contributed by atoms with Gasteiger partial charge in [-0.05, 0) is 30.9 Å². The van der Waals surface area contributed by atoms with Crippen molar-refractivity contribution in [2.24, 2.45) is 0 Å². The summed E-state index contributed by atoms with van der Waals surface area (Å²) in [7, 11) is 0. The van der Waals surface area contributed by atoms with Crippen LogP contribution in [0.3, 0.4) is 0 Å². The van der Waals surface area contributed by atoms with E-state index in [1.165, 1.54) is 20.5 Å². The molecule has 0 unspecified atom stereocenters. The van der Waals surface area contributed by atoms with Crippen LogP contribution in [0.25, 0.3) is 10.1 Å². The number of hydrogen-bond donors (Lipinski definition) is 0. The lowest BCUT2D eigenvalue weighted by Crippen LogP contribution is -1.74. The van der Waals surface area contributed by atoms with Crippen molar-refractivity contribution in [1.29, 1.82) is 0 Å². The zero-order valence-corrected chi connectivity index (χ0v) is 7.40. The standard InChI is InChI=1S/C9H9NS/c1-6-4-10-5-9-8(6)3-7(2)11-9/h3-5H,1-2H3. The first-order valence-corrected chi connectivity index (χ1v) is 4.40. The fourth-order valence-electron chi connectivity index (χ4n) is 1.22. The van der Waals surface area contributed by atoms with Gasteiger partial charge in [-0.2, -0.15) is 0 Å². The highest BCUT2D eigenvalue weighted by Gasteiger charge is 1.99. The molecule has 56 valence electrons. The van der Waals surface area contributed by atoms with Crippen LogP contribution >= 0.6 is 11.3 Å². The lowest BCUT2D eigenvalue weighted by atomic mass is 10.2. The number of aromatic nitrogens is 1. The normalized spacial score (nSPS) is 10.7. The number of thiophene rings is 1. The molecule has 0 aliphatic heterocycles. The Hall–Kier alpha value is -0.890. The van der Waals surface area contributed by atoms with Gasteiger partial charge in [0.1, 0.15) is 0 Å². The summed E-state index contributed by atoms with van der Waals surface area (Å²) in [6.45, 7) is 4.23. The summed E-state index contributed by atoms with van der Waals surface area (Å²) in [5.41, 5.74) is 1.27. The second-order valence-corrected chi connectivity index (χ2v) is 4.01. The summed E-state index contributed by atoms with van der Waals surface area (Å²) < 4.78 is 1.29. The maximum absolute atomic E-state index is 4.14. The Morgan fingerprint density at radius 2 is 2.09 bits per heavy atom. The summed E-state index contributed by atoms with van der Waals surface area (Å²) >= 11 is 1.80. The maximum atomic E-state index is 4.14. The molecular weight excluding hydrogens is 154 g/mol. The third-order valence-electron chi connectivity index (χ3n) is 1.77. The van der Waals surface area contributed by atoms with E-state index in [1.54, 1.807) is 11.3 Å². The first-order chi connectivity index (χ1) is 5.27. The van der Waals surface area contributed by atoms with E-state index in [2.05, 4.69) is 24.9 Å². The van der Waals surface area contributed by atoms with Crippen molar-refractivity contribution in [2.45, 2.75) is 13.8 Å². The minimum atomic E-state index is 1.27. The Kier molecular flexibility index (Phi) is 1.43. The van der Waals surface area contributed by atoms with E-state index < -0.39 is 0 Å². The van der Waals surface area contributed by atoms with Gasteiger partial charge in [0.25, 0.3) is 0 Å². The molecule has 0 saturated heterocycles. The van der Waals surface area contributed by atoms with E-state index in [9.17, 15) is 0 Å². The third-order valence-corrected chi connectivity index (χ3v) is 2.75. The lowest BCUT2D eigenvalue weighted by Gasteiger charge is -1.90. The molecule has 0 aliphatic carbocycles. The van der Waals surface area contributed by atoms with Crippen LogP contribution in [0.5, 0.6) is 0 Å². The van der Waals surface area contributed by atoms with E-state index in [-0.39, 0.29) is 0 Å². The minimum absolute atomic E-state index is 1.27. The first kappa shape index (κ1) is 6.80. The smallest absolute Gasteiger partial charge is 0.0531 e. The third kappa shape index (κ3) is 1.03. The molecule has 2 heteroatoms. The van der Waals surface area contributed by atoms with Crippen LogP contribution in [0, 0.1) is 13.8 Å². The molecule has 11 heavy (non-hydrogen) atoms. The molecule has 0 aromatic carbocycles. The summed E-state index contributed by atoms with van der Waals surface area (Å²) in [6.07, 6.45) is 3.84. The minimum Gasteiger partial charge on any atom is -0.263 e. The first-order valence-electron chi connectivity index (χ1n) is 3.58. The van der Waals surface area contributed by atoms with Crippen LogP contribution in [-0.2, 0) is 0 Å². The molecule has 0 saturated carbocycles. The second kappa shape index (κ2) is 2.31. The van der Waals surface area contributed by atoms with Gasteiger partial charge < -0.3 is 0 Å². The molecule has 0 bridgehead atoms. The van der Waals surface area contributed by atoms with Gasteiger partial charge in [0.2, 0.25) is 0 Å². The van der Waals surface area contributed by atoms with E-state index >= 15 is 0 Å². The highest BCUT2D eigenvalue weighted by molar-refractivity contribution is 7.19. The van der Waals surface area contributed by atoms with Crippen molar-refractivity contribution in [3.8, 4) is 0 Å². The monoisotopic (exact) mass is 163 g/mol. The van der Waals surface area contributed by atoms with Crippen LogP contribution in [0.1, 0.15) is 10.4 Å². The molecule has 0 atom stereocenters. The maximum Gasteiger partial charge on any atom is 0.0531 e. The SMILES string of the molecule is Cc1cc2c(C)cncc2s1. The van der Waals surface area contributed by atoms with Gasteiger partial charge >= 0.3 is 0 Å². The summed E-state index contributed by atoms with van der Waals surface area (Å²) in [5, 5.41) is 1.35. The highest BCUT2D eigenvalue weighted by Crippen LogP contribution is 2.25. The molecule has 2 aromatic heterocycles. The molecule has 2 aromatic rings. The van der Waals surface area contributed by atoms with Gasteiger partial charge in [-0.3, -0.25) is 4.98 Å². The van der Waals surface area contributed by atoms with E-state index in [0.717, 1.165) is 0 Å². The number of fused-ring (bicyclic) bond motifs is 1. The summed E-state index contributed by atoms with van der Waals surface area (Å²) in [5.74, 6) is 0. The topological polar surface area (TPSA) is 12.9 Å². The van der Waals surface area contributed by atoms with Crippen LogP contribution < -0.4 is 0 Å². The fraction of sp³-hybridized carbons (Fsp3) is 0.222. The predicted octanol–water partition coefficient (Wildman–Crippen LogP) is 2.91. The van der Waals surface area contributed by atoms with Crippen molar-refractivity contribution in [1.82, 2.24) is 4.98 Å². The Morgan fingerprint density at radius 3 is 2.82 bits per heavy atom. The van der Waals surface area contributed by atoms with Crippen LogP contribution in [0.15, 0.2) is 18.5 Å². The van der Waals surface area contributed by atoms with Crippen LogP contribution in [0.2, 0.25) is 0 Å². The van der Waals surface area contributed by atoms with Crippen LogP contribution in [-0.4, -0.2) is 4.98 Å². The van der Waals surface area contributed by atoms with Gasteiger partial charge in [0, 0.05) is 17.3 Å². The van der Waals surface area contributed by atoms with E-state index in [0.29, 0.717) is 0 Å². The lowest BCUT2D eigenvalue weighted by molar-refractivity contribution is 1.32. The van der Waals surface area contributed by atoms with Crippen molar-refractivity contribution in [3.05, 3.63) is 28.9 Å². The highest BCUT2D eigenvalue weighted by atomic mass is 32.1. The van der Waals surface area contributed by atoms with E-state index in [4.69, 9.17) is 0 Å². The molecule has 2 heterocycles. The van der Waals surface area contributed by atoms with Crippen molar-refractivity contribution in [2.75, 3.05) is 0 Å². The number of nitrogens with zero attached hydrogens (tertiary/aromatic N) is 1. The molecule has 0 N–H and O–H groups in total. The zero-order valence-electron chi connectivity index (χ0n) is 6.59. The van der Waals surface area contributed by atoms with Crippen molar-refractivity contribution in [3.63, 3.8) is 0 Å². The quantitative estimate of drug-likeness (QED) is 0.582. The molecule has 0 aliphatic rings. The fourth-order valence-corrected chi connectivity index (χ4v) is 2.19. The van der Waals surface area contributed by atoms with Gasteiger partial charge in [-0.15, -0.1) is 11.3 Å². The average molecular weight is 163 g/mol. The predicted molar refractivity (Wildman–Crippen MR) is 49.1 cm³/mol. The zero-order chi connectivity index (χ0) is 7.84. The molecule has 0 fully saturated rings. The van der Waals surface area contributed by atoms with Gasteiger partial charge in [-0.1, -0.05) is 0 Å². The Bertz CT molecular complexity index is 389. The Balaban J connectivity index is 2.90. The second-order valence-electron chi connectivity index (χ2n) is 2.73. The number of hydrogen-bond acceptors (Lipinski definition) is 2. The molecule has 2 rings (SSSR count). The van der Waals surface area contributed by atoms with Gasteiger partial charge in [0.15, 0.2) is 0 Å². The summed E-state index contributed by atoms with van der Waals surface area (Å²) in [6, 6.07) is 2.22. The van der Waals surface area contributed by atoms with Crippen molar-refractivity contribution < 1.29 is 0 Å². The number of pyridine rings is 1. The Labute approximate surface area is 69.7 Å². The van der Waals surface area contributed by atoms with Gasteiger partial charge in [0.05, 0.1) is 4.70 Å². The van der Waals surface area contributed by atoms with E-state index in [1.807, 2.05) is 12.4 Å². The number of aryl methyl sites for hydroxylation is 2. The molecular formula is C9H9NS. The van der Waals surface area contributed by atoms with Crippen molar-refractivity contribution >= 4 is 21.4 Å². The number of rotatable bonds is 0. The molecule has 0 radical (unpaired) electrons. The molecule has 0 spiro atoms. The molecule has 0 amide bonds. The largest absolute Gasteiger partial charge is 0.263 e. The van der Waals surface area contributed by atoms with Crippen LogP contribution in [0.4, 0.5) is 0 Å². The van der Waals surface area contributed by atoms with Gasteiger partial charge in [-0.25, -0.2) is 0 Å². The summed E-state index contributed by atoms with van der Waals surface area (Å²) in [4.78, 5) is 5.49. The average Bonchev–Trinajstić information content (AvgIpc) is 2.31.